The highest BCUT2D eigenvalue weighted by molar-refractivity contribution is 7.09. The summed E-state index contributed by atoms with van der Waals surface area (Å²) in [5.41, 5.74) is 0.848. The van der Waals surface area contributed by atoms with Crippen LogP contribution < -0.4 is 5.32 Å². The van der Waals surface area contributed by atoms with Gasteiger partial charge >= 0.3 is 12.2 Å². The van der Waals surface area contributed by atoms with E-state index in [2.05, 4.69) is 10.3 Å². The third kappa shape index (κ3) is 4.39. The molecular formula is C20H21F3N4OS. The maximum Gasteiger partial charge on any atom is 0.449 e. The van der Waals surface area contributed by atoms with E-state index in [1.165, 1.54) is 4.57 Å². The zero-order valence-corrected chi connectivity index (χ0v) is 16.5. The van der Waals surface area contributed by atoms with Crippen LogP contribution >= 0.6 is 11.3 Å². The minimum atomic E-state index is -4.50. The number of hydrogen-bond donors (Lipinski definition) is 1. The second kappa shape index (κ2) is 8.06. The van der Waals surface area contributed by atoms with Crippen molar-refractivity contribution >= 4 is 28.4 Å². The van der Waals surface area contributed by atoms with Crippen LogP contribution in [0.4, 0.5) is 18.0 Å². The quantitative estimate of drug-likeness (QED) is 0.660. The highest BCUT2D eigenvalue weighted by Crippen LogP contribution is 2.33. The maximum atomic E-state index is 13.5. The van der Waals surface area contributed by atoms with Crippen molar-refractivity contribution < 1.29 is 18.0 Å². The smallest absolute Gasteiger partial charge is 0.333 e. The number of imidazole rings is 1. The minimum Gasteiger partial charge on any atom is -0.333 e. The minimum absolute atomic E-state index is 0.0649. The first-order chi connectivity index (χ1) is 13.9. The molecule has 0 radical (unpaired) electrons. The van der Waals surface area contributed by atoms with Gasteiger partial charge in [-0.3, -0.25) is 0 Å². The van der Waals surface area contributed by atoms with Gasteiger partial charge in [-0.25, -0.2) is 9.78 Å². The van der Waals surface area contributed by atoms with E-state index in [9.17, 15) is 18.0 Å². The molecule has 1 aliphatic heterocycles. The molecule has 0 saturated carbocycles. The van der Waals surface area contributed by atoms with Crippen molar-refractivity contribution in [2.24, 2.45) is 5.92 Å². The Labute approximate surface area is 170 Å². The average Bonchev–Trinajstić information content (AvgIpc) is 3.35. The molecule has 1 fully saturated rings. The molecule has 1 aliphatic rings. The Hall–Kier alpha value is -2.55. The number of rotatable bonds is 4. The number of para-hydroxylation sites is 2. The summed E-state index contributed by atoms with van der Waals surface area (Å²) in [6, 6.07) is 10.5. The summed E-state index contributed by atoms with van der Waals surface area (Å²) in [6.07, 6.45) is -3.17. The van der Waals surface area contributed by atoms with Crippen molar-refractivity contribution in [2.45, 2.75) is 32.1 Å². The number of aromatic nitrogens is 2. The van der Waals surface area contributed by atoms with E-state index in [0.29, 0.717) is 43.5 Å². The number of benzene rings is 1. The predicted octanol–water partition coefficient (Wildman–Crippen LogP) is 4.74. The Kier molecular flexibility index (Phi) is 5.49. The highest BCUT2D eigenvalue weighted by atomic mass is 32.1. The number of thiophene rings is 1. The molecule has 29 heavy (non-hydrogen) atoms. The number of carbonyl (C=O) groups excluding carboxylic acids is 1. The van der Waals surface area contributed by atoms with Gasteiger partial charge in [-0.15, -0.1) is 11.3 Å². The van der Waals surface area contributed by atoms with Crippen LogP contribution in [0.25, 0.3) is 11.0 Å². The van der Waals surface area contributed by atoms with Gasteiger partial charge in [0, 0.05) is 24.5 Å². The van der Waals surface area contributed by atoms with Gasteiger partial charge in [0.15, 0.2) is 0 Å². The van der Waals surface area contributed by atoms with Crippen LogP contribution in [0.1, 0.15) is 23.5 Å². The molecule has 0 unspecified atom stereocenters. The largest absolute Gasteiger partial charge is 0.449 e. The molecule has 1 aromatic carbocycles. The van der Waals surface area contributed by atoms with Crippen molar-refractivity contribution in [1.82, 2.24) is 19.8 Å². The van der Waals surface area contributed by atoms with Crippen LogP contribution in [0.2, 0.25) is 0 Å². The van der Waals surface area contributed by atoms with Crippen LogP contribution in [-0.4, -0.2) is 33.6 Å². The zero-order chi connectivity index (χ0) is 20.4. The Morgan fingerprint density at radius 1 is 1.17 bits per heavy atom. The molecular weight excluding hydrogens is 401 g/mol. The first kappa shape index (κ1) is 19.8. The Balaban J connectivity index is 1.39. The van der Waals surface area contributed by atoms with Crippen molar-refractivity contribution in [3.8, 4) is 0 Å². The molecule has 2 aromatic heterocycles. The van der Waals surface area contributed by atoms with Crippen LogP contribution in [0.5, 0.6) is 0 Å². The molecule has 4 rings (SSSR count). The van der Waals surface area contributed by atoms with E-state index in [4.69, 9.17) is 0 Å². The van der Waals surface area contributed by atoms with Crippen molar-refractivity contribution in [2.75, 3.05) is 13.1 Å². The number of likely N-dealkylation sites (tertiary alicyclic amines) is 1. The molecule has 154 valence electrons. The van der Waals surface area contributed by atoms with Crippen LogP contribution in [0.3, 0.4) is 0 Å². The average molecular weight is 422 g/mol. The first-order valence-electron chi connectivity index (χ1n) is 9.49. The van der Waals surface area contributed by atoms with Gasteiger partial charge < -0.3 is 14.8 Å². The van der Waals surface area contributed by atoms with Crippen LogP contribution in [0.15, 0.2) is 41.8 Å². The van der Waals surface area contributed by atoms with Gasteiger partial charge in [0.25, 0.3) is 0 Å². The second-order valence-electron chi connectivity index (χ2n) is 7.20. The molecule has 1 N–H and O–H groups in total. The number of nitrogens with one attached hydrogen (secondary N) is 1. The van der Waals surface area contributed by atoms with Crippen molar-refractivity contribution in [3.63, 3.8) is 0 Å². The molecule has 2 amide bonds. The number of alkyl halides is 3. The number of urea groups is 1. The number of fused-ring (bicyclic) bond motifs is 1. The molecule has 0 aliphatic carbocycles. The molecule has 9 heteroatoms. The zero-order valence-electron chi connectivity index (χ0n) is 15.7. The summed E-state index contributed by atoms with van der Waals surface area (Å²) in [5.74, 6) is -0.787. The van der Waals surface area contributed by atoms with Crippen molar-refractivity contribution in [3.05, 3.63) is 52.5 Å². The number of amides is 2. The van der Waals surface area contributed by atoms with Gasteiger partial charge in [0.1, 0.15) is 0 Å². The molecule has 0 atom stereocenters. The summed E-state index contributed by atoms with van der Waals surface area (Å²) in [7, 11) is 0. The highest BCUT2D eigenvalue weighted by Gasteiger charge is 2.38. The summed E-state index contributed by atoms with van der Waals surface area (Å²) < 4.78 is 41.7. The Bertz CT molecular complexity index is 975. The molecule has 3 aromatic rings. The summed E-state index contributed by atoms with van der Waals surface area (Å²) in [6.45, 7) is 1.82. The maximum absolute atomic E-state index is 13.5. The fourth-order valence-corrected chi connectivity index (χ4v) is 4.39. The lowest BCUT2D eigenvalue weighted by atomic mass is 9.96. The topological polar surface area (TPSA) is 50.2 Å². The fraction of sp³-hybridized carbons (Fsp3) is 0.400. The molecule has 1 saturated heterocycles. The van der Waals surface area contributed by atoms with Gasteiger partial charge in [-0.2, -0.15) is 13.2 Å². The first-order valence-corrected chi connectivity index (χ1v) is 10.4. The lowest BCUT2D eigenvalue weighted by molar-refractivity contribution is -0.147. The summed E-state index contributed by atoms with van der Waals surface area (Å²) >= 11 is 1.58. The van der Waals surface area contributed by atoms with E-state index in [1.807, 2.05) is 17.5 Å². The number of carbonyl (C=O) groups is 1. The van der Waals surface area contributed by atoms with Crippen LogP contribution in [-0.2, 0) is 19.3 Å². The number of halogens is 3. The van der Waals surface area contributed by atoms with E-state index in [1.54, 1.807) is 40.5 Å². The summed E-state index contributed by atoms with van der Waals surface area (Å²) in [4.78, 5) is 19.0. The van der Waals surface area contributed by atoms with Gasteiger partial charge in [0.05, 0.1) is 17.6 Å². The van der Waals surface area contributed by atoms with E-state index < -0.39 is 12.0 Å². The standard InChI is InChI=1S/C20H21F3N4OS/c21-20(22,23)18-25-16-5-1-2-6-17(16)27(18)13-14-7-9-26(10-8-14)19(28)24-12-15-4-3-11-29-15/h1-6,11,14H,7-10,12-13H2,(H,24,28). The number of nitrogens with zero attached hydrogens (tertiary/aromatic N) is 3. The van der Waals surface area contributed by atoms with Gasteiger partial charge in [0.2, 0.25) is 5.82 Å². The fourth-order valence-electron chi connectivity index (χ4n) is 3.74. The van der Waals surface area contributed by atoms with Gasteiger partial charge in [-0.05, 0) is 42.3 Å². The number of hydrogen-bond acceptors (Lipinski definition) is 3. The molecule has 0 spiro atoms. The normalized spacial score (nSPS) is 15.8. The number of piperidine rings is 1. The Morgan fingerprint density at radius 3 is 2.62 bits per heavy atom. The monoisotopic (exact) mass is 422 g/mol. The molecule has 0 bridgehead atoms. The third-order valence-electron chi connectivity index (χ3n) is 5.24. The van der Waals surface area contributed by atoms with E-state index in [0.717, 1.165) is 4.88 Å². The second-order valence-corrected chi connectivity index (χ2v) is 8.23. The predicted molar refractivity (Wildman–Crippen MR) is 106 cm³/mol. The summed E-state index contributed by atoms with van der Waals surface area (Å²) in [5, 5.41) is 4.86. The third-order valence-corrected chi connectivity index (χ3v) is 6.12. The molecule has 5 nitrogen and oxygen atoms in total. The molecule has 3 heterocycles. The van der Waals surface area contributed by atoms with E-state index in [-0.39, 0.29) is 18.5 Å². The van der Waals surface area contributed by atoms with E-state index >= 15 is 0 Å². The van der Waals surface area contributed by atoms with Crippen LogP contribution in [0, 0.1) is 5.92 Å². The lowest BCUT2D eigenvalue weighted by Gasteiger charge is -2.32. The Morgan fingerprint density at radius 2 is 1.93 bits per heavy atom. The van der Waals surface area contributed by atoms with Crippen molar-refractivity contribution in [1.29, 1.82) is 0 Å². The lowest BCUT2D eigenvalue weighted by Crippen LogP contribution is -2.44. The van der Waals surface area contributed by atoms with Gasteiger partial charge in [-0.1, -0.05) is 18.2 Å². The SMILES string of the molecule is O=C(NCc1cccs1)N1CCC(Cn2c(C(F)(F)F)nc3ccccc32)CC1.